The van der Waals surface area contributed by atoms with E-state index in [0.29, 0.717) is 35.5 Å². The number of aromatic nitrogens is 1. The van der Waals surface area contributed by atoms with Crippen LogP contribution in [0.3, 0.4) is 0 Å². The first kappa shape index (κ1) is 37.4. The van der Waals surface area contributed by atoms with E-state index in [9.17, 15) is 24.9 Å². The fourth-order valence-electron chi connectivity index (χ4n) is 8.24. The quantitative estimate of drug-likeness (QED) is 0.0668. The predicted molar refractivity (Wildman–Crippen MR) is 205 cm³/mol. The Bertz CT molecular complexity index is 1840. The van der Waals surface area contributed by atoms with Crippen molar-refractivity contribution in [1.29, 1.82) is 0 Å². The first-order chi connectivity index (χ1) is 25.3. The van der Waals surface area contributed by atoms with Crippen LogP contribution in [0.25, 0.3) is 10.9 Å². The first-order valence-electron chi connectivity index (χ1n) is 19.1. The first-order valence-corrected chi connectivity index (χ1v) is 19.1. The van der Waals surface area contributed by atoms with Gasteiger partial charge in [0.15, 0.2) is 0 Å². The van der Waals surface area contributed by atoms with Crippen molar-refractivity contribution in [2.75, 3.05) is 44.2 Å². The molecule has 3 saturated heterocycles. The summed E-state index contributed by atoms with van der Waals surface area (Å²) in [4.78, 5) is 31.3. The van der Waals surface area contributed by atoms with Crippen molar-refractivity contribution in [3.8, 4) is 11.5 Å². The van der Waals surface area contributed by atoms with Crippen LogP contribution in [0, 0.1) is 18.8 Å². The number of ether oxygens (including phenoxy) is 1. The number of aromatic amines is 1. The molecule has 4 heterocycles. The third-order valence-electron chi connectivity index (χ3n) is 10.9. The number of nitrogens with zero attached hydrogens (tertiary/aromatic N) is 2. The van der Waals surface area contributed by atoms with Crippen LogP contribution in [0.4, 0.5) is 10.5 Å². The van der Waals surface area contributed by atoms with Crippen molar-refractivity contribution in [3.05, 3.63) is 99.8 Å². The molecule has 278 valence electrons. The second-order valence-corrected chi connectivity index (χ2v) is 14.6. The Morgan fingerprint density at radius 3 is 2.44 bits per heavy atom. The van der Waals surface area contributed by atoms with Gasteiger partial charge in [-0.1, -0.05) is 62.4 Å². The molecule has 1 amide bonds. The summed E-state index contributed by atoms with van der Waals surface area (Å²) < 4.78 is 6.24. The van der Waals surface area contributed by atoms with Crippen molar-refractivity contribution in [2.24, 2.45) is 11.8 Å². The van der Waals surface area contributed by atoms with Crippen LogP contribution in [0.15, 0.2) is 77.6 Å². The van der Waals surface area contributed by atoms with Crippen LogP contribution in [0.1, 0.15) is 86.6 Å². The molecular weight excluding hydrogens is 656 g/mol. The van der Waals surface area contributed by atoms with Gasteiger partial charge < -0.3 is 35.3 Å². The molecule has 1 unspecified atom stereocenters. The molecule has 5 N–H and O–H groups in total. The summed E-state index contributed by atoms with van der Waals surface area (Å²) in [6.07, 6.45) is 8.25. The number of piperidine rings is 3. The largest absolute Gasteiger partial charge is 0.506 e. The number of nitrogens with one attached hydrogen (secondary N) is 2. The fraction of sp³-hybridized carbons (Fsp3) is 0.476. The molecule has 0 radical (unpaired) electrons. The number of fused-ring (bicyclic) bond motifs is 4. The van der Waals surface area contributed by atoms with Gasteiger partial charge in [-0.25, -0.2) is 4.79 Å². The molecule has 10 nitrogen and oxygen atoms in total. The Morgan fingerprint density at radius 2 is 1.71 bits per heavy atom. The summed E-state index contributed by atoms with van der Waals surface area (Å²) in [5.41, 5.74) is 3.48. The van der Waals surface area contributed by atoms with Crippen LogP contribution >= 0.6 is 0 Å². The Hall–Kier alpha value is -4.38. The lowest BCUT2D eigenvalue weighted by Gasteiger charge is -2.49. The van der Waals surface area contributed by atoms with Gasteiger partial charge >= 0.3 is 6.09 Å². The third kappa shape index (κ3) is 9.34. The number of amides is 1. The van der Waals surface area contributed by atoms with Gasteiger partial charge in [-0.05, 0) is 117 Å². The normalized spacial score (nSPS) is 19.4. The number of anilines is 1. The zero-order chi connectivity index (χ0) is 36.5. The number of aliphatic hydroxyl groups excluding tert-OH is 1. The van der Waals surface area contributed by atoms with Gasteiger partial charge in [-0.2, -0.15) is 0 Å². The Balaban J connectivity index is 0.918. The van der Waals surface area contributed by atoms with Crippen LogP contribution in [0.5, 0.6) is 11.5 Å². The number of carboxylic acid groups (broad SMARTS) is 1. The number of pyridine rings is 1. The van der Waals surface area contributed by atoms with E-state index in [1.165, 1.54) is 18.6 Å². The maximum Gasteiger partial charge on any atom is 0.412 e. The molecule has 3 aliphatic rings. The van der Waals surface area contributed by atoms with E-state index in [1.807, 2.05) is 43.3 Å². The summed E-state index contributed by atoms with van der Waals surface area (Å²) in [6.45, 7) is 6.96. The molecule has 0 aliphatic carbocycles. The highest BCUT2D eigenvalue weighted by Gasteiger charge is 2.43. The molecule has 1 aromatic heterocycles. The van der Waals surface area contributed by atoms with Crippen molar-refractivity contribution in [2.45, 2.75) is 76.9 Å². The highest BCUT2D eigenvalue weighted by molar-refractivity contribution is 5.88. The number of benzene rings is 3. The van der Waals surface area contributed by atoms with Crippen LogP contribution in [0.2, 0.25) is 0 Å². The number of phenolic OH excluding ortho intramolecular Hbond substituents is 1. The van der Waals surface area contributed by atoms with Crippen molar-refractivity contribution in [3.63, 3.8) is 0 Å². The average Bonchev–Trinajstić information content (AvgIpc) is 3.15. The van der Waals surface area contributed by atoms with E-state index in [0.717, 1.165) is 100 Å². The topological polar surface area (TPSA) is 138 Å². The number of aliphatic hydroxyl groups is 1. The predicted octanol–water partition coefficient (Wildman–Crippen LogP) is 7.54. The second-order valence-electron chi connectivity index (χ2n) is 14.6. The Morgan fingerprint density at radius 1 is 0.962 bits per heavy atom. The summed E-state index contributed by atoms with van der Waals surface area (Å²) in [7, 11) is 0. The van der Waals surface area contributed by atoms with Gasteiger partial charge in [0.2, 0.25) is 5.56 Å². The van der Waals surface area contributed by atoms with E-state index in [1.54, 1.807) is 17.0 Å². The molecular formula is C42H54N4O6. The summed E-state index contributed by atoms with van der Waals surface area (Å²) in [6, 6.07) is 21.9. The molecule has 7 rings (SSSR count). The standard InChI is InChI=1S/C42H54N4O6/c1-29-11-9-13-32(25-29)46(42(50)51)41(36-28-45-22-19-30(36)20-23-45)31-12-10-14-33(26-31)52-24-8-6-4-2-3-5-7-21-43-27-38(48)34-15-17-37(47)40-35(34)16-18-39(49)44-40/h9-18,25-26,30,36,38,41,43,47-48H,2-8,19-24,27-28H2,1H3,(H,44,49)(H,50,51)/t36?,38-,41-/m0/s1. The minimum absolute atomic E-state index is 0.0115. The van der Waals surface area contributed by atoms with Gasteiger partial charge in [0.25, 0.3) is 0 Å². The smallest absolute Gasteiger partial charge is 0.412 e. The van der Waals surface area contributed by atoms with Crippen molar-refractivity contribution in [1.82, 2.24) is 15.2 Å². The molecule has 3 aromatic carbocycles. The number of carbonyl (C=O) groups is 1. The van der Waals surface area contributed by atoms with Crippen molar-refractivity contribution < 1.29 is 24.9 Å². The lowest BCUT2D eigenvalue weighted by atomic mass is 9.73. The maximum absolute atomic E-state index is 12.9. The molecule has 4 aromatic rings. The summed E-state index contributed by atoms with van der Waals surface area (Å²) in [5.74, 6) is 1.51. The highest BCUT2D eigenvalue weighted by atomic mass is 16.5. The number of H-pyrrole nitrogens is 1. The van der Waals surface area contributed by atoms with E-state index >= 15 is 0 Å². The third-order valence-corrected chi connectivity index (χ3v) is 10.9. The van der Waals surface area contributed by atoms with Crippen LogP contribution < -0.4 is 20.5 Å². The molecule has 3 atom stereocenters. The second kappa shape index (κ2) is 17.9. The van der Waals surface area contributed by atoms with Crippen LogP contribution in [-0.4, -0.2) is 70.6 Å². The van der Waals surface area contributed by atoms with Gasteiger partial charge in [0.05, 0.1) is 24.3 Å². The molecule has 2 bridgehead atoms. The number of hydrogen-bond donors (Lipinski definition) is 5. The number of phenols is 1. The number of hydrogen-bond acceptors (Lipinski definition) is 7. The van der Waals surface area contributed by atoms with Crippen LogP contribution in [-0.2, 0) is 0 Å². The average molecular weight is 711 g/mol. The van der Waals surface area contributed by atoms with Gasteiger partial charge in [0, 0.05) is 30.2 Å². The lowest BCUT2D eigenvalue weighted by molar-refractivity contribution is 0.0358. The number of aromatic hydroxyl groups is 1. The minimum Gasteiger partial charge on any atom is -0.506 e. The number of aryl methyl sites for hydroxylation is 1. The molecule has 3 aliphatic heterocycles. The van der Waals surface area contributed by atoms with Gasteiger partial charge in [0.1, 0.15) is 11.5 Å². The number of rotatable bonds is 18. The fourth-order valence-corrected chi connectivity index (χ4v) is 8.24. The van der Waals surface area contributed by atoms with Gasteiger partial charge in [-0.3, -0.25) is 9.69 Å². The SMILES string of the molecule is Cc1cccc(N(C(=O)O)[C@@H](c2cccc(OCCCCCCCCCNC[C@H](O)c3ccc(O)c4[nH]c(=O)ccc34)c2)C2CN3CCC2CC3)c1. The van der Waals surface area contributed by atoms with E-state index in [2.05, 4.69) is 27.3 Å². The van der Waals surface area contributed by atoms with E-state index in [-0.39, 0.29) is 23.3 Å². The molecule has 52 heavy (non-hydrogen) atoms. The van der Waals surface area contributed by atoms with Gasteiger partial charge in [-0.15, -0.1) is 0 Å². The Labute approximate surface area is 306 Å². The Kier molecular flexibility index (Phi) is 12.9. The molecule has 10 heteroatoms. The van der Waals surface area contributed by atoms with Crippen molar-refractivity contribution >= 4 is 22.7 Å². The zero-order valence-electron chi connectivity index (χ0n) is 30.3. The van der Waals surface area contributed by atoms with E-state index in [4.69, 9.17) is 4.74 Å². The molecule has 0 saturated carbocycles. The lowest BCUT2D eigenvalue weighted by Crippen LogP contribution is -2.53. The minimum atomic E-state index is -0.923. The summed E-state index contributed by atoms with van der Waals surface area (Å²) in [5, 5.41) is 35.4. The maximum atomic E-state index is 12.9. The number of unbranched alkanes of at least 4 members (excludes halogenated alkanes) is 6. The van der Waals surface area contributed by atoms with E-state index < -0.39 is 12.2 Å². The molecule has 0 spiro atoms. The molecule has 3 fully saturated rings. The highest BCUT2D eigenvalue weighted by Crippen LogP contribution is 2.45. The summed E-state index contributed by atoms with van der Waals surface area (Å²) >= 11 is 0. The zero-order valence-corrected chi connectivity index (χ0v) is 30.3. The monoisotopic (exact) mass is 710 g/mol.